The van der Waals surface area contributed by atoms with Crippen molar-refractivity contribution in [3.05, 3.63) is 21.6 Å². The van der Waals surface area contributed by atoms with Gasteiger partial charge >= 0.3 is 0 Å². The van der Waals surface area contributed by atoms with Crippen LogP contribution in [0.2, 0.25) is 0 Å². The number of aromatic nitrogens is 4. The second kappa shape index (κ2) is 6.46. The minimum absolute atomic E-state index is 0.0199. The number of hydrogen-bond acceptors (Lipinski definition) is 6. The van der Waals surface area contributed by atoms with Gasteiger partial charge in [-0.3, -0.25) is 4.79 Å². The molecule has 0 saturated carbocycles. The number of nitriles is 1. The summed E-state index contributed by atoms with van der Waals surface area (Å²) in [4.78, 5) is 13.8. The highest BCUT2D eigenvalue weighted by Gasteiger charge is 2.21. The average Bonchev–Trinajstić information content (AvgIpc) is 3.04. The van der Waals surface area contributed by atoms with Gasteiger partial charge in [-0.2, -0.15) is 5.26 Å². The summed E-state index contributed by atoms with van der Waals surface area (Å²) in [5.41, 5.74) is 0.478. The molecule has 8 heteroatoms. The average molecular weight is 332 g/mol. The maximum Gasteiger partial charge on any atom is 0.246 e. The van der Waals surface area contributed by atoms with Gasteiger partial charge in [-0.05, 0) is 21.9 Å². The summed E-state index contributed by atoms with van der Waals surface area (Å²) in [5.74, 6) is 0.524. The summed E-state index contributed by atoms with van der Waals surface area (Å²) in [5, 5.41) is 23.4. The molecule has 0 aliphatic carbocycles. The first-order valence-corrected chi connectivity index (χ1v) is 8.14. The number of carbonyl (C=O) groups excluding carboxylic acids is 1. The lowest BCUT2D eigenvalue weighted by molar-refractivity contribution is -0.117. The maximum absolute atomic E-state index is 12.2. The number of nitrogens with one attached hydrogen (secondary N) is 1. The van der Waals surface area contributed by atoms with Crippen LogP contribution in [0.25, 0.3) is 0 Å². The van der Waals surface area contributed by atoms with E-state index in [9.17, 15) is 10.1 Å². The number of hydrogen-bond donors (Lipinski definition) is 1. The smallest absolute Gasteiger partial charge is 0.246 e. The number of tetrazole rings is 1. The Kier molecular flexibility index (Phi) is 4.80. The van der Waals surface area contributed by atoms with Crippen molar-refractivity contribution in [2.75, 3.05) is 5.32 Å². The summed E-state index contributed by atoms with van der Waals surface area (Å²) in [6.45, 7) is 10.2. The van der Waals surface area contributed by atoms with Crippen LogP contribution in [0.4, 0.5) is 5.69 Å². The lowest BCUT2D eigenvalue weighted by Gasteiger charge is -2.15. The molecule has 0 spiro atoms. The van der Waals surface area contributed by atoms with Crippen LogP contribution in [0.3, 0.4) is 0 Å². The highest BCUT2D eigenvalue weighted by atomic mass is 32.1. The van der Waals surface area contributed by atoms with Crippen molar-refractivity contribution in [1.29, 1.82) is 5.26 Å². The van der Waals surface area contributed by atoms with Gasteiger partial charge in [0.15, 0.2) is 5.82 Å². The molecular formula is C15H20N6OS. The molecule has 0 aliphatic heterocycles. The summed E-state index contributed by atoms with van der Waals surface area (Å²) in [7, 11) is 0. The highest BCUT2D eigenvalue weighted by Crippen LogP contribution is 2.34. The lowest BCUT2D eigenvalue weighted by Crippen LogP contribution is -2.21. The predicted octanol–water partition coefficient (Wildman–Crippen LogP) is 2.67. The Balaban J connectivity index is 2.16. The van der Waals surface area contributed by atoms with E-state index in [1.165, 1.54) is 16.0 Å². The van der Waals surface area contributed by atoms with Crippen LogP contribution in [0.15, 0.2) is 6.07 Å². The fourth-order valence-corrected chi connectivity index (χ4v) is 2.97. The molecule has 122 valence electrons. The van der Waals surface area contributed by atoms with E-state index in [1.807, 2.05) is 19.9 Å². The van der Waals surface area contributed by atoms with Crippen LogP contribution in [-0.4, -0.2) is 26.1 Å². The molecule has 2 aromatic heterocycles. The molecule has 0 unspecified atom stereocenters. The van der Waals surface area contributed by atoms with E-state index in [-0.39, 0.29) is 23.8 Å². The molecule has 1 N–H and O–H groups in total. The Labute approximate surface area is 139 Å². The zero-order valence-corrected chi connectivity index (χ0v) is 14.7. The number of thiophene rings is 1. The maximum atomic E-state index is 12.2. The molecular weight excluding hydrogens is 312 g/mol. The van der Waals surface area contributed by atoms with E-state index in [4.69, 9.17) is 0 Å². The Morgan fingerprint density at radius 1 is 1.48 bits per heavy atom. The quantitative estimate of drug-likeness (QED) is 0.928. The Hall–Kier alpha value is -2.27. The van der Waals surface area contributed by atoms with Crippen molar-refractivity contribution in [2.24, 2.45) is 0 Å². The van der Waals surface area contributed by atoms with Gasteiger partial charge in [0, 0.05) is 10.8 Å². The molecule has 2 rings (SSSR count). The fraction of sp³-hybridized carbons (Fsp3) is 0.533. The van der Waals surface area contributed by atoms with Crippen molar-refractivity contribution in [3.63, 3.8) is 0 Å². The van der Waals surface area contributed by atoms with Gasteiger partial charge in [-0.25, -0.2) is 4.68 Å². The van der Waals surface area contributed by atoms with Crippen LogP contribution in [0.5, 0.6) is 0 Å². The van der Waals surface area contributed by atoms with E-state index >= 15 is 0 Å². The second-order valence-electron chi connectivity index (χ2n) is 6.61. The topological polar surface area (TPSA) is 96.5 Å². The SMILES string of the molecule is CC(C)c1nnnn1CC(=O)Nc1cc(C(C)(C)C)sc1C#N. The molecule has 23 heavy (non-hydrogen) atoms. The number of carbonyl (C=O) groups is 1. The van der Waals surface area contributed by atoms with Gasteiger partial charge in [0.05, 0.1) is 5.69 Å². The van der Waals surface area contributed by atoms with E-state index in [0.29, 0.717) is 16.4 Å². The van der Waals surface area contributed by atoms with Crippen molar-refractivity contribution in [2.45, 2.75) is 52.5 Å². The van der Waals surface area contributed by atoms with Gasteiger partial charge in [-0.15, -0.1) is 16.4 Å². The number of anilines is 1. The molecule has 0 saturated heterocycles. The number of nitrogens with zero attached hydrogens (tertiary/aromatic N) is 5. The zero-order chi connectivity index (χ0) is 17.2. The molecule has 0 bridgehead atoms. The molecule has 2 heterocycles. The van der Waals surface area contributed by atoms with Crippen molar-refractivity contribution >= 4 is 22.9 Å². The largest absolute Gasteiger partial charge is 0.323 e. The molecule has 0 fully saturated rings. The highest BCUT2D eigenvalue weighted by molar-refractivity contribution is 7.13. The van der Waals surface area contributed by atoms with E-state index < -0.39 is 0 Å². The van der Waals surface area contributed by atoms with E-state index in [1.54, 1.807) is 0 Å². The van der Waals surface area contributed by atoms with Crippen LogP contribution in [0.1, 0.15) is 56.1 Å². The minimum atomic E-state index is -0.256. The molecule has 0 atom stereocenters. The molecule has 0 radical (unpaired) electrons. The van der Waals surface area contributed by atoms with Gasteiger partial charge in [-0.1, -0.05) is 34.6 Å². The third-order valence-corrected chi connectivity index (χ3v) is 4.68. The third kappa shape index (κ3) is 3.93. The Morgan fingerprint density at radius 2 is 2.17 bits per heavy atom. The Bertz CT molecular complexity index is 747. The van der Waals surface area contributed by atoms with Crippen molar-refractivity contribution in [1.82, 2.24) is 20.2 Å². The lowest BCUT2D eigenvalue weighted by atomic mass is 9.94. The van der Waals surface area contributed by atoms with Crippen LogP contribution >= 0.6 is 11.3 Å². The van der Waals surface area contributed by atoms with Gasteiger partial charge in [0.2, 0.25) is 5.91 Å². The number of amides is 1. The van der Waals surface area contributed by atoms with Gasteiger partial charge in [0.25, 0.3) is 0 Å². The fourth-order valence-electron chi connectivity index (χ4n) is 2.00. The first kappa shape index (κ1) is 17.1. The van der Waals surface area contributed by atoms with Gasteiger partial charge in [0.1, 0.15) is 17.5 Å². The molecule has 0 aliphatic rings. The summed E-state index contributed by atoms with van der Waals surface area (Å²) >= 11 is 1.40. The first-order chi connectivity index (χ1) is 10.7. The first-order valence-electron chi connectivity index (χ1n) is 7.32. The van der Waals surface area contributed by atoms with Crippen molar-refractivity contribution in [3.8, 4) is 6.07 Å². The monoisotopic (exact) mass is 332 g/mol. The predicted molar refractivity (Wildman–Crippen MR) is 88.3 cm³/mol. The molecule has 1 amide bonds. The van der Waals surface area contributed by atoms with E-state index in [2.05, 4.69) is 47.7 Å². The van der Waals surface area contributed by atoms with Crippen LogP contribution in [0, 0.1) is 11.3 Å². The van der Waals surface area contributed by atoms with Crippen LogP contribution < -0.4 is 5.32 Å². The van der Waals surface area contributed by atoms with Crippen molar-refractivity contribution < 1.29 is 4.79 Å². The van der Waals surface area contributed by atoms with Crippen LogP contribution in [-0.2, 0) is 16.8 Å². The molecule has 7 nitrogen and oxygen atoms in total. The second-order valence-corrected chi connectivity index (χ2v) is 7.67. The third-order valence-electron chi connectivity index (χ3n) is 3.22. The minimum Gasteiger partial charge on any atom is -0.323 e. The number of rotatable bonds is 4. The molecule has 2 aromatic rings. The summed E-state index contributed by atoms with van der Waals surface area (Å²) in [6, 6.07) is 4.00. The van der Waals surface area contributed by atoms with Gasteiger partial charge < -0.3 is 5.32 Å². The standard InChI is InChI=1S/C15H20N6OS/c1-9(2)14-18-19-20-21(14)8-13(22)17-10-6-12(15(3,4)5)23-11(10)7-16/h6,9H,8H2,1-5H3,(H,17,22). The Morgan fingerprint density at radius 3 is 2.74 bits per heavy atom. The summed E-state index contributed by atoms with van der Waals surface area (Å²) < 4.78 is 1.48. The zero-order valence-electron chi connectivity index (χ0n) is 13.9. The van der Waals surface area contributed by atoms with E-state index in [0.717, 1.165) is 4.88 Å². The summed E-state index contributed by atoms with van der Waals surface area (Å²) in [6.07, 6.45) is 0. The normalized spacial score (nSPS) is 11.5. The molecule has 0 aromatic carbocycles.